The van der Waals surface area contributed by atoms with Crippen molar-refractivity contribution in [2.45, 2.75) is 20.4 Å². The van der Waals surface area contributed by atoms with E-state index in [0.29, 0.717) is 6.54 Å². The molecule has 1 aliphatic rings. The topological polar surface area (TPSA) is 87.4 Å². The molecule has 0 atom stereocenters. The first-order valence-electron chi connectivity index (χ1n) is 10.1. The van der Waals surface area contributed by atoms with E-state index in [1.54, 1.807) is 12.4 Å². The van der Waals surface area contributed by atoms with E-state index >= 15 is 0 Å². The second kappa shape index (κ2) is 8.89. The number of nitrogens with zero attached hydrogens (tertiary/aromatic N) is 8. The summed E-state index contributed by atoms with van der Waals surface area (Å²) in [5, 5.41) is 7.94. The van der Waals surface area contributed by atoms with Gasteiger partial charge < -0.3 is 15.1 Å². The zero-order chi connectivity index (χ0) is 20.9. The number of hydrogen-bond acceptors (Lipinski definition) is 6. The quantitative estimate of drug-likeness (QED) is 0.521. The van der Waals surface area contributed by atoms with Gasteiger partial charge in [-0.25, -0.2) is 19.6 Å². The van der Waals surface area contributed by atoms with Crippen molar-refractivity contribution in [1.29, 1.82) is 0 Å². The Hall–Kier alpha value is -3.49. The van der Waals surface area contributed by atoms with E-state index in [-0.39, 0.29) is 0 Å². The smallest absolute Gasteiger partial charge is 0.225 e. The number of hydrogen-bond donors (Lipinski definition) is 1. The van der Waals surface area contributed by atoms with Gasteiger partial charge in [0, 0.05) is 64.1 Å². The third-order valence-corrected chi connectivity index (χ3v) is 5.11. The first-order valence-corrected chi connectivity index (χ1v) is 10.1. The van der Waals surface area contributed by atoms with Gasteiger partial charge in [0.1, 0.15) is 0 Å². The molecule has 3 aromatic rings. The summed E-state index contributed by atoms with van der Waals surface area (Å²) in [5.41, 5.74) is 3.16. The lowest BCUT2D eigenvalue weighted by Gasteiger charge is -2.36. The van der Waals surface area contributed by atoms with Crippen LogP contribution in [0.5, 0.6) is 0 Å². The largest absolute Gasteiger partial charge is 0.352 e. The molecule has 0 spiro atoms. The summed E-state index contributed by atoms with van der Waals surface area (Å²) in [6.07, 6.45) is 5.45. The maximum Gasteiger partial charge on any atom is 0.225 e. The van der Waals surface area contributed by atoms with Gasteiger partial charge in [-0.1, -0.05) is 6.07 Å². The van der Waals surface area contributed by atoms with Crippen molar-refractivity contribution in [1.82, 2.24) is 34.9 Å². The maximum atomic E-state index is 4.57. The van der Waals surface area contributed by atoms with Gasteiger partial charge in [-0.05, 0) is 37.6 Å². The van der Waals surface area contributed by atoms with Crippen LogP contribution in [0.15, 0.2) is 47.8 Å². The first kappa shape index (κ1) is 19.8. The number of aryl methyl sites for hydroxylation is 2. The normalized spacial score (nSPS) is 14.8. The molecule has 0 aliphatic carbocycles. The van der Waals surface area contributed by atoms with Crippen LogP contribution in [0.25, 0.3) is 5.82 Å². The van der Waals surface area contributed by atoms with E-state index in [2.05, 4.69) is 46.2 Å². The van der Waals surface area contributed by atoms with E-state index < -0.39 is 0 Å². The monoisotopic (exact) mass is 405 g/mol. The molecule has 1 fully saturated rings. The van der Waals surface area contributed by atoms with Crippen LogP contribution >= 0.6 is 0 Å². The highest BCUT2D eigenvalue weighted by Crippen LogP contribution is 2.12. The number of aromatic nitrogens is 5. The molecule has 0 aromatic carbocycles. The lowest BCUT2D eigenvalue weighted by Crippen LogP contribution is -2.52. The fourth-order valence-corrected chi connectivity index (χ4v) is 3.59. The van der Waals surface area contributed by atoms with Crippen molar-refractivity contribution >= 4 is 11.9 Å². The maximum absolute atomic E-state index is 4.57. The minimum absolute atomic E-state index is 0.666. The molecule has 4 rings (SSSR count). The van der Waals surface area contributed by atoms with E-state index in [9.17, 15) is 0 Å². The molecule has 1 N–H and O–H groups in total. The van der Waals surface area contributed by atoms with Gasteiger partial charge in [-0.3, -0.25) is 4.99 Å². The van der Waals surface area contributed by atoms with Crippen molar-refractivity contribution in [2.75, 3.05) is 38.1 Å². The molecule has 9 nitrogen and oxygen atoms in total. The number of anilines is 1. The van der Waals surface area contributed by atoms with Crippen LogP contribution in [0.1, 0.15) is 17.0 Å². The third kappa shape index (κ3) is 4.40. The zero-order valence-electron chi connectivity index (χ0n) is 17.7. The third-order valence-electron chi connectivity index (χ3n) is 5.11. The summed E-state index contributed by atoms with van der Waals surface area (Å²) in [7, 11) is 1.82. The lowest BCUT2D eigenvalue weighted by molar-refractivity contribution is 0.370. The van der Waals surface area contributed by atoms with Crippen LogP contribution in [0.2, 0.25) is 0 Å². The minimum atomic E-state index is 0.666. The van der Waals surface area contributed by atoms with Crippen molar-refractivity contribution < 1.29 is 0 Å². The second-order valence-corrected chi connectivity index (χ2v) is 7.29. The molecule has 0 radical (unpaired) electrons. The summed E-state index contributed by atoms with van der Waals surface area (Å²) in [6, 6.07) is 7.95. The van der Waals surface area contributed by atoms with Crippen LogP contribution in [0.3, 0.4) is 0 Å². The highest BCUT2D eigenvalue weighted by molar-refractivity contribution is 5.80. The molecule has 0 amide bonds. The Morgan fingerprint density at radius 2 is 1.83 bits per heavy atom. The van der Waals surface area contributed by atoms with Crippen molar-refractivity contribution in [3.05, 3.63) is 59.8 Å². The van der Waals surface area contributed by atoms with Gasteiger partial charge in [0.2, 0.25) is 5.95 Å². The van der Waals surface area contributed by atoms with Crippen LogP contribution in [0.4, 0.5) is 5.95 Å². The van der Waals surface area contributed by atoms with Crippen molar-refractivity contribution in [3.8, 4) is 5.82 Å². The predicted molar refractivity (Wildman–Crippen MR) is 117 cm³/mol. The number of piperazine rings is 1. The Morgan fingerprint density at radius 1 is 1.07 bits per heavy atom. The summed E-state index contributed by atoms with van der Waals surface area (Å²) in [4.78, 5) is 22.2. The van der Waals surface area contributed by atoms with Crippen LogP contribution in [0, 0.1) is 13.8 Å². The molecular formula is C21H27N9. The molecule has 0 bridgehead atoms. The van der Waals surface area contributed by atoms with Gasteiger partial charge in [0.25, 0.3) is 0 Å². The van der Waals surface area contributed by atoms with Crippen molar-refractivity contribution in [2.24, 2.45) is 4.99 Å². The highest BCUT2D eigenvalue weighted by Gasteiger charge is 2.21. The average molecular weight is 406 g/mol. The molecule has 0 saturated carbocycles. The fourth-order valence-electron chi connectivity index (χ4n) is 3.59. The number of pyridine rings is 1. The second-order valence-electron chi connectivity index (χ2n) is 7.29. The number of aliphatic imine (C=N–C) groups is 1. The molecule has 3 aromatic heterocycles. The molecule has 0 unspecified atom stereocenters. The number of guanidine groups is 1. The van der Waals surface area contributed by atoms with E-state index in [1.807, 2.05) is 50.0 Å². The predicted octanol–water partition coefficient (Wildman–Crippen LogP) is 1.57. The minimum Gasteiger partial charge on any atom is -0.352 e. The van der Waals surface area contributed by atoms with Crippen molar-refractivity contribution in [3.63, 3.8) is 0 Å². The van der Waals surface area contributed by atoms with Gasteiger partial charge in [0.05, 0.1) is 5.69 Å². The Balaban J connectivity index is 1.32. The van der Waals surface area contributed by atoms with Gasteiger partial charge in [-0.15, -0.1) is 0 Å². The molecule has 4 heterocycles. The first-order chi connectivity index (χ1) is 14.6. The molecular weight excluding hydrogens is 378 g/mol. The standard InChI is InChI=1S/C21H27N9/c1-16-13-17(2)30(27-16)19-6-5-18(14-25-19)15-26-20(22-3)28-9-11-29(12-10-28)21-23-7-4-8-24-21/h4-8,13-14H,9-12,15H2,1-3H3,(H,22,26). The molecule has 30 heavy (non-hydrogen) atoms. The number of rotatable bonds is 4. The SMILES string of the molecule is CN=C(NCc1ccc(-n2nc(C)cc2C)nc1)N1CCN(c2ncccn2)CC1. The van der Waals surface area contributed by atoms with Gasteiger partial charge in [-0.2, -0.15) is 5.10 Å². The zero-order valence-corrected chi connectivity index (χ0v) is 17.7. The Morgan fingerprint density at radius 3 is 2.43 bits per heavy atom. The summed E-state index contributed by atoms with van der Waals surface area (Å²) < 4.78 is 1.86. The van der Waals surface area contributed by atoms with Gasteiger partial charge in [0.15, 0.2) is 11.8 Å². The summed E-state index contributed by atoms with van der Waals surface area (Å²) in [5.74, 6) is 2.51. The van der Waals surface area contributed by atoms with Crippen LogP contribution in [-0.4, -0.2) is 68.8 Å². The van der Waals surface area contributed by atoms with Crippen LogP contribution in [-0.2, 0) is 6.54 Å². The Bertz CT molecular complexity index is 987. The Labute approximate surface area is 176 Å². The van der Waals surface area contributed by atoms with E-state index in [0.717, 1.165) is 60.9 Å². The molecule has 1 saturated heterocycles. The fraction of sp³-hybridized carbons (Fsp3) is 0.381. The molecule has 156 valence electrons. The molecule has 9 heteroatoms. The van der Waals surface area contributed by atoms with Gasteiger partial charge >= 0.3 is 0 Å². The molecule has 1 aliphatic heterocycles. The summed E-state index contributed by atoms with van der Waals surface area (Å²) >= 11 is 0. The Kier molecular flexibility index (Phi) is 5.87. The average Bonchev–Trinajstić information content (AvgIpc) is 3.13. The van der Waals surface area contributed by atoms with E-state index in [4.69, 9.17) is 0 Å². The van der Waals surface area contributed by atoms with Crippen LogP contribution < -0.4 is 10.2 Å². The van der Waals surface area contributed by atoms with E-state index in [1.165, 1.54) is 0 Å². The summed E-state index contributed by atoms with van der Waals surface area (Å²) in [6.45, 7) is 8.15. The number of nitrogens with one attached hydrogen (secondary N) is 1. The lowest BCUT2D eigenvalue weighted by atomic mass is 10.2. The highest BCUT2D eigenvalue weighted by atomic mass is 15.4.